The van der Waals surface area contributed by atoms with Crippen molar-refractivity contribution in [2.24, 2.45) is 0 Å². The van der Waals surface area contributed by atoms with E-state index in [2.05, 4.69) is 31.2 Å². The van der Waals surface area contributed by atoms with Crippen LogP contribution in [0.1, 0.15) is 18.9 Å². The summed E-state index contributed by atoms with van der Waals surface area (Å²) >= 11 is 0. The van der Waals surface area contributed by atoms with E-state index in [1.807, 2.05) is 24.3 Å². The Morgan fingerprint density at radius 2 is 2.07 bits per heavy atom. The number of hydrogen-bond acceptors (Lipinski definition) is 11. The summed E-state index contributed by atoms with van der Waals surface area (Å²) < 4.78 is 26.1. The molecule has 0 unspecified atom stereocenters. The second kappa shape index (κ2) is 13.1. The van der Waals surface area contributed by atoms with Crippen LogP contribution in [0.2, 0.25) is 0 Å². The molecule has 13 heteroatoms. The van der Waals surface area contributed by atoms with Crippen molar-refractivity contribution in [2.75, 3.05) is 49.7 Å². The number of rotatable bonds is 8. The van der Waals surface area contributed by atoms with Crippen LogP contribution >= 0.6 is 0 Å². The van der Waals surface area contributed by atoms with Gasteiger partial charge in [0.1, 0.15) is 30.4 Å². The van der Waals surface area contributed by atoms with Gasteiger partial charge in [-0.15, -0.1) is 0 Å². The number of piperidine rings is 1. The van der Waals surface area contributed by atoms with Gasteiger partial charge in [0.25, 0.3) is 5.91 Å². The Hall–Kier alpha value is -4.38. The highest BCUT2D eigenvalue weighted by atomic mass is 19.1. The van der Waals surface area contributed by atoms with Gasteiger partial charge >= 0.3 is 0 Å². The Kier molecular flexibility index (Phi) is 9.06. The largest absolute Gasteiger partial charge is 0.486 e. The third kappa shape index (κ3) is 6.57. The quantitative estimate of drug-likeness (QED) is 0.360. The van der Waals surface area contributed by atoms with Gasteiger partial charge in [0, 0.05) is 36.4 Å². The zero-order valence-electron chi connectivity index (χ0n) is 23.1. The first-order chi connectivity index (χ1) is 20.4. The molecule has 2 fully saturated rings. The number of carbonyl (C=O) groups excluding carboxylic acids is 1. The van der Waals surface area contributed by atoms with E-state index in [-0.39, 0.29) is 43.5 Å². The van der Waals surface area contributed by atoms with Gasteiger partial charge in [-0.2, -0.15) is 10.2 Å². The molecule has 12 nitrogen and oxygen atoms in total. The highest BCUT2D eigenvalue weighted by molar-refractivity contribution is 5.80. The fourth-order valence-corrected chi connectivity index (χ4v) is 5.01. The summed E-state index contributed by atoms with van der Waals surface area (Å²) in [5, 5.41) is 32.1. The molecule has 1 amide bonds. The first-order valence-electron chi connectivity index (χ1n) is 13.7. The zero-order chi connectivity index (χ0) is 29.6. The lowest BCUT2D eigenvalue weighted by atomic mass is 10.0. The molecule has 2 aliphatic heterocycles. The number of nitrogens with zero attached hydrogens (tertiary/aromatic N) is 6. The molecule has 0 spiro atoms. The molecule has 3 N–H and O–H groups in total. The summed E-state index contributed by atoms with van der Waals surface area (Å²) in [5.41, 5.74) is 2.48. The van der Waals surface area contributed by atoms with Crippen LogP contribution in [0.15, 0.2) is 48.8 Å². The number of aliphatic hydroxyl groups is 2. The number of morpholine rings is 1. The number of anilines is 3. The minimum absolute atomic E-state index is 0.0108. The molecule has 1 aromatic heterocycles. The Labute approximate surface area is 242 Å². The molecule has 2 saturated heterocycles. The van der Waals surface area contributed by atoms with Crippen LogP contribution in [0, 0.1) is 11.3 Å². The average molecular weight is 578 g/mol. The standard InChI is InChI=1S/C29H32FN7O5/c1-18(39)28(40)36-9-8-26(24(30)14-36)42-25-7-2-19(12-20(25)13-31)27-32-17-33-29(35-27)34-21-3-5-22(6-4-21)37-10-11-41-16-23(37)15-38/h2-7,12,17-18,23-24,26,38-39H,8-11,14-16H2,1H3,(H,32,33,34,35)/t18-,23+,24-,26-/m0/s1. The molecule has 4 atom stereocenters. The summed E-state index contributed by atoms with van der Waals surface area (Å²) in [4.78, 5) is 28.3. The van der Waals surface area contributed by atoms with Gasteiger partial charge in [0.2, 0.25) is 5.95 Å². The molecule has 3 heterocycles. The lowest BCUT2D eigenvalue weighted by Crippen LogP contribution is -2.51. The van der Waals surface area contributed by atoms with E-state index in [1.165, 1.54) is 18.2 Å². The van der Waals surface area contributed by atoms with Gasteiger partial charge in [-0.1, -0.05) is 0 Å². The number of aromatic nitrogens is 3. The molecule has 2 aliphatic rings. The van der Waals surface area contributed by atoms with Gasteiger partial charge in [0.05, 0.1) is 38.0 Å². The second-order valence-electron chi connectivity index (χ2n) is 10.2. The molecule has 42 heavy (non-hydrogen) atoms. The molecule has 2 aromatic carbocycles. The monoisotopic (exact) mass is 577 g/mol. The van der Waals surface area contributed by atoms with Crippen molar-refractivity contribution >= 4 is 23.2 Å². The van der Waals surface area contributed by atoms with Gasteiger partial charge < -0.3 is 34.8 Å². The number of amides is 1. The summed E-state index contributed by atoms with van der Waals surface area (Å²) in [6.07, 6.45) is -1.91. The molecule has 0 radical (unpaired) electrons. The summed E-state index contributed by atoms with van der Waals surface area (Å²) in [6, 6.07) is 14.5. The van der Waals surface area contributed by atoms with Gasteiger partial charge in [0.15, 0.2) is 12.0 Å². The molecular weight excluding hydrogens is 545 g/mol. The Morgan fingerprint density at radius 3 is 2.79 bits per heavy atom. The molecule has 0 bridgehead atoms. The van der Waals surface area contributed by atoms with Gasteiger partial charge in [-0.05, 0) is 49.4 Å². The Morgan fingerprint density at radius 1 is 1.26 bits per heavy atom. The first-order valence-corrected chi connectivity index (χ1v) is 13.7. The van der Waals surface area contributed by atoms with Crippen LogP contribution in [0.4, 0.5) is 21.7 Å². The predicted molar refractivity (Wildman–Crippen MR) is 151 cm³/mol. The molecule has 0 saturated carbocycles. The van der Waals surface area contributed by atoms with Crippen molar-refractivity contribution in [2.45, 2.75) is 37.8 Å². The maximum absolute atomic E-state index is 14.8. The van der Waals surface area contributed by atoms with E-state index in [0.29, 0.717) is 37.1 Å². The van der Waals surface area contributed by atoms with Crippen molar-refractivity contribution in [1.82, 2.24) is 19.9 Å². The van der Waals surface area contributed by atoms with Crippen LogP contribution in [-0.2, 0) is 9.53 Å². The van der Waals surface area contributed by atoms with Crippen molar-refractivity contribution in [3.8, 4) is 23.2 Å². The maximum Gasteiger partial charge on any atom is 0.251 e. The fraction of sp³-hybridized carbons (Fsp3) is 0.414. The maximum atomic E-state index is 14.8. The molecule has 5 rings (SSSR count). The van der Waals surface area contributed by atoms with E-state index in [4.69, 9.17) is 9.47 Å². The number of nitrogens with one attached hydrogen (secondary N) is 1. The number of hydrogen-bond donors (Lipinski definition) is 3. The lowest BCUT2D eigenvalue weighted by Gasteiger charge is -2.36. The minimum atomic E-state index is -1.47. The van der Waals surface area contributed by atoms with Crippen LogP contribution in [0.25, 0.3) is 11.4 Å². The van der Waals surface area contributed by atoms with Gasteiger partial charge in [-0.3, -0.25) is 4.79 Å². The average Bonchev–Trinajstić information content (AvgIpc) is 3.02. The van der Waals surface area contributed by atoms with Crippen LogP contribution in [0.5, 0.6) is 5.75 Å². The molecular formula is C29H32FN7O5. The topological polar surface area (TPSA) is 157 Å². The van der Waals surface area contributed by atoms with Crippen molar-refractivity contribution in [1.29, 1.82) is 5.26 Å². The minimum Gasteiger partial charge on any atom is -0.486 e. The summed E-state index contributed by atoms with van der Waals surface area (Å²) in [7, 11) is 0. The zero-order valence-corrected chi connectivity index (χ0v) is 23.1. The van der Waals surface area contributed by atoms with Crippen molar-refractivity contribution in [3.63, 3.8) is 0 Å². The molecule has 3 aromatic rings. The SMILES string of the molecule is C[C@H](O)C(=O)N1CC[C@H](Oc2ccc(-c3ncnc(Nc4ccc(N5CCOC[C@H]5CO)cc4)n3)cc2C#N)[C@@H](F)C1. The van der Waals surface area contributed by atoms with Crippen molar-refractivity contribution < 1.29 is 28.9 Å². The highest BCUT2D eigenvalue weighted by Gasteiger charge is 2.34. The molecule has 220 valence electrons. The second-order valence-corrected chi connectivity index (χ2v) is 10.2. The normalized spacial score (nSPS) is 21.4. The lowest BCUT2D eigenvalue weighted by molar-refractivity contribution is -0.143. The summed E-state index contributed by atoms with van der Waals surface area (Å²) in [5.74, 6) is 0.343. The summed E-state index contributed by atoms with van der Waals surface area (Å²) in [6.45, 7) is 3.20. The van der Waals surface area contributed by atoms with Crippen molar-refractivity contribution in [3.05, 3.63) is 54.4 Å². The fourth-order valence-electron chi connectivity index (χ4n) is 5.01. The third-order valence-corrected chi connectivity index (χ3v) is 7.25. The number of carbonyl (C=O) groups is 1. The molecule has 0 aliphatic carbocycles. The number of nitriles is 1. The predicted octanol–water partition coefficient (Wildman–Crippen LogP) is 2.05. The van der Waals surface area contributed by atoms with E-state index < -0.39 is 24.3 Å². The third-order valence-electron chi connectivity index (χ3n) is 7.25. The number of likely N-dealkylation sites (tertiary alicyclic amines) is 1. The van der Waals surface area contributed by atoms with Crippen LogP contribution in [-0.4, -0.2) is 99.8 Å². The number of halogens is 1. The van der Waals surface area contributed by atoms with Gasteiger partial charge in [-0.25, -0.2) is 14.4 Å². The smallest absolute Gasteiger partial charge is 0.251 e. The first kappa shape index (κ1) is 29.1. The number of alkyl halides is 1. The number of benzene rings is 2. The Bertz CT molecular complexity index is 1430. The number of aliphatic hydroxyl groups excluding tert-OH is 2. The van der Waals surface area contributed by atoms with E-state index in [9.17, 15) is 24.7 Å². The Balaban J connectivity index is 1.25. The van der Waals surface area contributed by atoms with Crippen LogP contribution in [0.3, 0.4) is 0 Å². The van der Waals surface area contributed by atoms with E-state index in [0.717, 1.165) is 11.4 Å². The van der Waals surface area contributed by atoms with E-state index >= 15 is 0 Å². The van der Waals surface area contributed by atoms with Crippen LogP contribution < -0.4 is 15.0 Å². The van der Waals surface area contributed by atoms with E-state index in [1.54, 1.807) is 18.2 Å². The highest BCUT2D eigenvalue weighted by Crippen LogP contribution is 2.29. The number of ether oxygens (including phenoxy) is 2.